The van der Waals surface area contributed by atoms with Crippen LogP contribution in [0.4, 0.5) is 0 Å². The molecule has 2 heteroatoms. The molecule has 0 aliphatic heterocycles. The van der Waals surface area contributed by atoms with Crippen LogP contribution in [0.15, 0.2) is 36.4 Å². The number of likely N-dealkylation sites (N-methyl/N-ethyl adjacent to an activating group) is 1. The molecule has 0 amide bonds. The van der Waals surface area contributed by atoms with Gasteiger partial charge >= 0.3 is 0 Å². The Morgan fingerprint density at radius 2 is 1.80 bits per heavy atom. The van der Waals surface area contributed by atoms with Gasteiger partial charge in [-0.15, -0.1) is 0 Å². The number of nitrogens with zero attached hydrogens (tertiary/aromatic N) is 1. The van der Waals surface area contributed by atoms with Gasteiger partial charge in [0.1, 0.15) is 0 Å². The summed E-state index contributed by atoms with van der Waals surface area (Å²) in [6.45, 7) is 9.46. The maximum atomic E-state index is 5.23. The first kappa shape index (κ1) is 15.0. The third kappa shape index (κ3) is 3.02. The third-order valence-corrected chi connectivity index (χ3v) is 4.16. The highest BCUT2D eigenvalue weighted by molar-refractivity contribution is 5.88. The first-order valence-electron chi connectivity index (χ1n) is 7.40. The molecule has 0 fully saturated rings. The summed E-state index contributed by atoms with van der Waals surface area (Å²) >= 11 is 0. The number of rotatable bonds is 6. The first-order valence-corrected chi connectivity index (χ1v) is 7.40. The van der Waals surface area contributed by atoms with E-state index in [-0.39, 0.29) is 0 Å². The fraction of sp³-hybridized carbons (Fsp3) is 0.444. The largest absolute Gasteiger partial charge is 0.383 e. The van der Waals surface area contributed by atoms with Gasteiger partial charge in [-0.3, -0.25) is 4.90 Å². The summed E-state index contributed by atoms with van der Waals surface area (Å²) in [6.07, 6.45) is 0. The minimum Gasteiger partial charge on any atom is -0.383 e. The van der Waals surface area contributed by atoms with Gasteiger partial charge in [0.2, 0.25) is 0 Å². The van der Waals surface area contributed by atoms with Crippen molar-refractivity contribution in [2.45, 2.75) is 26.8 Å². The lowest BCUT2D eigenvalue weighted by molar-refractivity contribution is 0.129. The van der Waals surface area contributed by atoms with E-state index in [0.29, 0.717) is 6.04 Å². The Hall–Kier alpha value is -1.38. The molecule has 0 aliphatic carbocycles. The number of fused-ring (bicyclic) bond motifs is 1. The number of methoxy groups -OCH3 is 1. The SMILES string of the molecule is CCN(CCOC)C(C)c1ccc(C)c2ccccc12. The normalized spacial score (nSPS) is 13.1. The average Bonchev–Trinajstić information content (AvgIpc) is 2.48. The van der Waals surface area contributed by atoms with Crippen molar-refractivity contribution in [1.82, 2.24) is 4.90 Å². The van der Waals surface area contributed by atoms with E-state index in [1.807, 2.05) is 0 Å². The molecular weight excluding hydrogens is 246 g/mol. The molecule has 0 aromatic heterocycles. The van der Waals surface area contributed by atoms with Gasteiger partial charge in [-0.25, -0.2) is 0 Å². The number of hydrogen-bond donors (Lipinski definition) is 0. The predicted molar refractivity (Wildman–Crippen MR) is 86.2 cm³/mol. The van der Waals surface area contributed by atoms with Crippen LogP contribution in [0.2, 0.25) is 0 Å². The van der Waals surface area contributed by atoms with Crippen LogP contribution < -0.4 is 0 Å². The Morgan fingerprint density at radius 1 is 1.10 bits per heavy atom. The van der Waals surface area contributed by atoms with Crippen LogP contribution in [-0.4, -0.2) is 31.7 Å². The molecule has 0 heterocycles. The molecule has 0 aliphatic rings. The highest BCUT2D eigenvalue weighted by Gasteiger charge is 2.16. The van der Waals surface area contributed by atoms with Crippen LogP contribution in [0.3, 0.4) is 0 Å². The predicted octanol–water partition coefficient (Wildman–Crippen LogP) is 4.18. The second-order valence-electron chi connectivity index (χ2n) is 5.31. The second kappa shape index (κ2) is 6.87. The summed E-state index contributed by atoms with van der Waals surface area (Å²) in [6, 6.07) is 13.6. The standard InChI is InChI=1S/C18H25NO/c1-5-19(12-13-20-4)15(3)17-11-10-14(2)16-8-6-7-9-18(16)17/h6-11,15H,5,12-13H2,1-4H3. The minimum absolute atomic E-state index is 0.403. The van der Waals surface area contributed by atoms with Crippen molar-refractivity contribution < 1.29 is 4.74 Å². The van der Waals surface area contributed by atoms with E-state index in [2.05, 4.69) is 62.1 Å². The smallest absolute Gasteiger partial charge is 0.0589 e. The Balaban J connectivity index is 2.38. The third-order valence-electron chi connectivity index (χ3n) is 4.16. The Kier molecular flexibility index (Phi) is 5.16. The zero-order valence-electron chi connectivity index (χ0n) is 13.0. The lowest BCUT2D eigenvalue weighted by Crippen LogP contribution is -2.30. The number of benzene rings is 2. The van der Waals surface area contributed by atoms with Crippen LogP contribution in [0, 0.1) is 6.92 Å². The van der Waals surface area contributed by atoms with E-state index < -0.39 is 0 Å². The topological polar surface area (TPSA) is 12.5 Å². The zero-order valence-corrected chi connectivity index (χ0v) is 13.0. The maximum absolute atomic E-state index is 5.23. The van der Waals surface area contributed by atoms with Gasteiger partial charge in [0.25, 0.3) is 0 Å². The van der Waals surface area contributed by atoms with Gasteiger partial charge in [-0.1, -0.05) is 43.3 Å². The molecule has 0 spiro atoms. The second-order valence-corrected chi connectivity index (χ2v) is 5.31. The van der Waals surface area contributed by atoms with Crippen molar-refractivity contribution in [3.63, 3.8) is 0 Å². The van der Waals surface area contributed by atoms with Gasteiger partial charge in [-0.2, -0.15) is 0 Å². The average molecular weight is 271 g/mol. The maximum Gasteiger partial charge on any atom is 0.0589 e. The molecule has 2 rings (SSSR count). The molecule has 2 nitrogen and oxygen atoms in total. The molecule has 1 unspecified atom stereocenters. The highest BCUT2D eigenvalue weighted by Crippen LogP contribution is 2.29. The molecule has 0 saturated heterocycles. The van der Waals surface area contributed by atoms with Crippen molar-refractivity contribution in [2.75, 3.05) is 26.8 Å². The summed E-state index contributed by atoms with van der Waals surface area (Å²) in [7, 11) is 1.76. The minimum atomic E-state index is 0.403. The van der Waals surface area contributed by atoms with E-state index in [4.69, 9.17) is 4.74 Å². The molecule has 2 aromatic carbocycles. The molecule has 0 N–H and O–H groups in total. The van der Waals surface area contributed by atoms with Gasteiger partial charge in [0.05, 0.1) is 6.61 Å². The van der Waals surface area contributed by atoms with E-state index in [9.17, 15) is 0 Å². The van der Waals surface area contributed by atoms with Crippen LogP contribution in [-0.2, 0) is 4.74 Å². The molecular formula is C18H25NO. The quantitative estimate of drug-likeness (QED) is 0.781. The van der Waals surface area contributed by atoms with Crippen molar-refractivity contribution in [1.29, 1.82) is 0 Å². The monoisotopic (exact) mass is 271 g/mol. The van der Waals surface area contributed by atoms with Crippen molar-refractivity contribution in [2.24, 2.45) is 0 Å². The van der Waals surface area contributed by atoms with Crippen molar-refractivity contribution in [3.8, 4) is 0 Å². The van der Waals surface area contributed by atoms with Crippen LogP contribution in [0.25, 0.3) is 10.8 Å². The fourth-order valence-electron chi connectivity index (χ4n) is 2.87. The molecule has 0 saturated carbocycles. The Labute approximate surface area is 122 Å². The van der Waals surface area contributed by atoms with E-state index in [1.54, 1.807) is 7.11 Å². The highest BCUT2D eigenvalue weighted by atomic mass is 16.5. The van der Waals surface area contributed by atoms with Crippen LogP contribution in [0.5, 0.6) is 0 Å². The van der Waals surface area contributed by atoms with Crippen LogP contribution in [0.1, 0.15) is 31.0 Å². The number of hydrogen-bond acceptors (Lipinski definition) is 2. The van der Waals surface area contributed by atoms with Gasteiger partial charge in [0.15, 0.2) is 0 Å². The van der Waals surface area contributed by atoms with Crippen molar-refractivity contribution >= 4 is 10.8 Å². The summed E-state index contributed by atoms with van der Waals surface area (Å²) in [5.74, 6) is 0. The van der Waals surface area contributed by atoms with Crippen LogP contribution >= 0.6 is 0 Å². The Bertz CT molecular complexity index is 564. The van der Waals surface area contributed by atoms with Gasteiger partial charge in [-0.05, 0) is 42.3 Å². The fourth-order valence-corrected chi connectivity index (χ4v) is 2.87. The number of ether oxygens (including phenoxy) is 1. The van der Waals surface area contributed by atoms with E-state index >= 15 is 0 Å². The number of aryl methyl sites for hydroxylation is 1. The first-order chi connectivity index (χ1) is 9.69. The van der Waals surface area contributed by atoms with Crippen molar-refractivity contribution in [3.05, 3.63) is 47.5 Å². The molecule has 0 radical (unpaired) electrons. The molecule has 108 valence electrons. The molecule has 20 heavy (non-hydrogen) atoms. The summed E-state index contributed by atoms with van der Waals surface area (Å²) < 4.78 is 5.23. The Morgan fingerprint density at radius 3 is 2.45 bits per heavy atom. The van der Waals surface area contributed by atoms with Gasteiger partial charge < -0.3 is 4.74 Å². The summed E-state index contributed by atoms with van der Waals surface area (Å²) in [5, 5.41) is 2.73. The van der Waals surface area contributed by atoms with E-state index in [1.165, 1.54) is 21.9 Å². The molecule has 2 aromatic rings. The summed E-state index contributed by atoms with van der Waals surface area (Å²) in [4.78, 5) is 2.46. The molecule has 0 bridgehead atoms. The zero-order chi connectivity index (χ0) is 14.5. The molecule has 1 atom stereocenters. The van der Waals surface area contributed by atoms with E-state index in [0.717, 1.165) is 19.7 Å². The lowest BCUT2D eigenvalue weighted by Gasteiger charge is -2.29. The summed E-state index contributed by atoms with van der Waals surface area (Å²) in [5.41, 5.74) is 2.75. The lowest BCUT2D eigenvalue weighted by atomic mass is 9.96. The van der Waals surface area contributed by atoms with Gasteiger partial charge in [0, 0.05) is 19.7 Å².